The molecule has 4 rings (SSSR count). The quantitative estimate of drug-likeness (QED) is 0.171. The minimum absolute atomic E-state index is 0.134. The molecular weight excluding hydrogens is 439 g/mol. The fraction of sp³-hybridized carbons (Fsp3) is 0. The van der Waals surface area contributed by atoms with E-state index in [4.69, 9.17) is 23.2 Å². The number of pyridine rings is 2. The van der Waals surface area contributed by atoms with Crippen LogP contribution in [0.1, 0.15) is 11.1 Å². The molecule has 0 spiro atoms. The number of allylic oxidation sites excluding steroid dienone is 6. The Bertz CT molecular complexity index is 1310. The monoisotopic (exact) mass is 456 g/mol. The zero-order chi connectivity index (χ0) is 22.3. The van der Waals surface area contributed by atoms with Crippen molar-refractivity contribution in [3.63, 3.8) is 0 Å². The Labute approximate surface area is 196 Å². The highest BCUT2D eigenvalue weighted by Gasteiger charge is 2.02. The molecule has 0 atom stereocenters. The molecule has 0 bridgehead atoms. The zero-order valence-electron chi connectivity index (χ0n) is 17.0. The van der Waals surface area contributed by atoms with Gasteiger partial charge in [0.05, 0.1) is 11.0 Å². The van der Waals surface area contributed by atoms with Crippen LogP contribution in [0.2, 0.25) is 10.3 Å². The van der Waals surface area contributed by atoms with Gasteiger partial charge in [0, 0.05) is 21.9 Å². The van der Waals surface area contributed by atoms with Gasteiger partial charge in [0.25, 0.3) is 0 Å². The van der Waals surface area contributed by atoms with Crippen molar-refractivity contribution in [1.29, 1.82) is 0 Å². The van der Waals surface area contributed by atoms with Crippen LogP contribution in [0.25, 0.3) is 34.0 Å². The summed E-state index contributed by atoms with van der Waals surface area (Å²) in [5.74, 6) is -0.134. The molecule has 0 aliphatic heterocycles. The summed E-state index contributed by atoms with van der Waals surface area (Å²) in [7, 11) is 0. The molecule has 0 fully saturated rings. The SMILES string of the molecule is O=C(/C=C/C=C/c1cc2ccccc2nc1Cl)/C=C/C=C/c1cc2ccccc2nc1Cl. The van der Waals surface area contributed by atoms with Crippen molar-refractivity contribution >= 4 is 62.9 Å². The molecule has 0 unspecified atom stereocenters. The summed E-state index contributed by atoms with van der Waals surface area (Å²) >= 11 is 12.5. The van der Waals surface area contributed by atoms with E-state index in [0.29, 0.717) is 10.3 Å². The zero-order valence-corrected chi connectivity index (χ0v) is 18.5. The summed E-state index contributed by atoms with van der Waals surface area (Å²) < 4.78 is 0. The van der Waals surface area contributed by atoms with E-state index in [0.717, 1.165) is 32.9 Å². The maximum atomic E-state index is 12.0. The molecule has 32 heavy (non-hydrogen) atoms. The van der Waals surface area contributed by atoms with E-state index in [1.165, 1.54) is 12.2 Å². The van der Waals surface area contributed by atoms with Crippen LogP contribution in [0, 0.1) is 0 Å². The van der Waals surface area contributed by atoms with Crippen molar-refractivity contribution in [2.75, 3.05) is 0 Å². The summed E-state index contributed by atoms with van der Waals surface area (Å²) in [6.07, 6.45) is 13.5. The van der Waals surface area contributed by atoms with Gasteiger partial charge in [-0.15, -0.1) is 0 Å². The second-order valence-electron chi connectivity index (χ2n) is 6.96. The van der Waals surface area contributed by atoms with Crippen molar-refractivity contribution in [1.82, 2.24) is 9.97 Å². The Kier molecular flexibility index (Phi) is 6.90. The molecule has 0 saturated carbocycles. The van der Waals surface area contributed by atoms with Crippen LogP contribution < -0.4 is 0 Å². The smallest absolute Gasteiger partial charge is 0.178 e. The number of hydrogen-bond donors (Lipinski definition) is 0. The molecule has 2 heterocycles. The number of halogens is 2. The van der Waals surface area contributed by atoms with Gasteiger partial charge >= 0.3 is 0 Å². The molecule has 2 aromatic heterocycles. The summed E-state index contributed by atoms with van der Waals surface area (Å²) in [6, 6.07) is 19.5. The Morgan fingerprint density at radius 2 is 1.09 bits per heavy atom. The lowest BCUT2D eigenvalue weighted by Gasteiger charge is -2.01. The number of carbonyl (C=O) groups excluding carboxylic acids is 1. The number of benzene rings is 2. The first-order chi connectivity index (χ1) is 15.6. The van der Waals surface area contributed by atoms with Gasteiger partial charge in [-0.1, -0.05) is 96.1 Å². The van der Waals surface area contributed by atoms with E-state index >= 15 is 0 Å². The largest absolute Gasteiger partial charge is 0.290 e. The van der Waals surface area contributed by atoms with Crippen LogP contribution in [0.5, 0.6) is 0 Å². The van der Waals surface area contributed by atoms with Crippen LogP contribution in [-0.4, -0.2) is 15.8 Å². The van der Waals surface area contributed by atoms with Gasteiger partial charge in [0.2, 0.25) is 0 Å². The molecule has 4 aromatic rings. The highest BCUT2D eigenvalue weighted by atomic mass is 35.5. The number of hydrogen-bond acceptors (Lipinski definition) is 3. The second-order valence-corrected chi connectivity index (χ2v) is 7.68. The third kappa shape index (κ3) is 5.38. The lowest BCUT2D eigenvalue weighted by Crippen LogP contribution is -1.85. The molecule has 5 heteroatoms. The summed E-state index contributed by atoms with van der Waals surface area (Å²) in [4.78, 5) is 20.8. The minimum Gasteiger partial charge on any atom is -0.290 e. The maximum absolute atomic E-state index is 12.0. The van der Waals surface area contributed by atoms with Crippen LogP contribution in [0.3, 0.4) is 0 Å². The van der Waals surface area contributed by atoms with E-state index in [1.54, 1.807) is 24.3 Å². The molecule has 0 aliphatic carbocycles. The Hall–Kier alpha value is -3.53. The lowest BCUT2D eigenvalue weighted by atomic mass is 10.1. The van der Waals surface area contributed by atoms with E-state index in [-0.39, 0.29) is 5.78 Å². The van der Waals surface area contributed by atoms with Gasteiger partial charge in [0.1, 0.15) is 10.3 Å². The Morgan fingerprint density at radius 1 is 0.656 bits per heavy atom. The average Bonchev–Trinajstić information content (AvgIpc) is 2.80. The topological polar surface area (TPSA) is 42.9 Å². The molecule has 3 nitrogen and oxygen atoms in total. The van der Waals surface area contributed by atoms with E-state index < -0.39 is 0 Å². The van der Waals surface area contributed by atoms with Crippen molar-refractivity contribution < 1.29 is 4.79 Å². The van der Waals surface area contributed by atoms with Crippen LogP contribution >= 0.6 is 23.2 Å². The normalized spacial score (nSPS) is 12.3. The number of para-hydroxylation sites is 2. The van der Waals surface area contributed by atoms with Gasteiger partial charge < -0.3 is 0 Å². The molecule has 0 aliphatic rings. The molecule has 0 amide bonds. The molecule has 0 saturated heterocycles. The number of nitrogens with zero attached hydrogens (tertiary/aromatic N) is 2. The van der Waals surface area contributed by atoms with Gasteiger partial charge in [-0.05, 0) is 36.4 Å². The van der Waals surface area contributed by atoms with Gasteiger partial charge in [-0.2, -0.15) is 0 Å². The van der Waals surface area contributed by atoms with Crippen molar-refractivity contribution in [2.24, 2.45) is 0 Å². The third-order valence-corrected chi connectivity index (χ3v) is 5.31. The van der Waals surface area contributed by atoms with Crippen LogP contribution in [0.4, 0.5) is 0 Å². The van der Waals surface area contributed by atoms with Gasteiger partial charge in [-0.25, -0.2) is 9.97 Å². The van der Waals surface area contributed by atoms with Crippen LogP contribution in [-0.2, 0) is 4.79 Å². The molecular formula is C27H18Cl2N2O. The first-order valence-electron chi connectivity index (χ1n) is 9.94. The highest BCUT2D eigenvalue weighted by molar-refractivity contribution is 6.31. The minimum atomic E-state index is -0.134. The summed E-state index contributed by atoms with van der Waals surface area (Å²) in [5.41, 5.74) is 3.28. The highest BCUT2D eigenvalue weighted by Crippen LogP contribution is 2.22. The summed E-state index contributed by atoms with van der Waals surface area (Å²) in [6.45, 7) is 0. The molecule has 0 radical (unpaired) electrons. The maximum Gasteiger partial charge on any atom is 0.178 e. The predicted octanol–water partition coefficient (Wildman–Crippen LogP) is 7.50. The number of carbonyl (C=O) groups is 1. The number of fused-ring (bicyclic) bond motifs is 2. The first-order valence-corrected chi connectivity index (χ1v) is 10.7. The fourth-order valence-corrected chi connectivity index (χ4v) is 3.54. The van der Waals surface area contributed by atoms with Crippen molar-refractivity contribution in [3.05, 3.63) is 119 Å². The second kappa shape index (κ2) is 10.2. The Balaban J connectivity index is 1.37. The molecule has 156 valence electrons. The average molecular weight is 457 g/mol. The predicted molar refractivity (Wildman–Crippen MR) is 135 cm³/mol. The standard InChI is InChI=1S/C27H18Cl2N2O/c28-26-21(17-19-9-3-7-15-24(19)30-26)11-1-5-13-23(32)14-6-2-12-22-18-20-10-4-8-16-25(20)31-27(22)29/h1-18H/b11-1+,12-2+,13-5+,14-6+. The third-order valence-electron chi connectivity index (χ3n) is 4.70. The Morgan fingerprint density at radius 3 is 1.56 bits per heavy atom. The van der Waals surface area contributed by atoms with E-state index in [2.05, 4.69) is 9.97 Å². The van der Waals surface area contributed by atoms with Crippen molar-refractivity contribution in [3.8, 4) is 0 Å². The molecule has 0 N–H and O–H groups in total. The van der Waals surface area contributed by atoms with Gasteiger partial charge in [-0.3, -0.25) is 4.79 Å². The van der Waals surface area contributed by atoms with E-state index in [1.807, 2.05) is 72.8 Å². The van der Waals surface area contributed by atoms with Crippen molar-refractivity contribution in [2.45, 2.75) is 0 Å². The molecule has 2 aromatic carbocycles. The van der Waals surface area contributed by atoms with Crippen LogP contribution in [0.15, 0.2) is 97.1 Å². The summed E-state index contributed by atoms with van der Waals surface area (Å²) in [5, 5.41) is 2.86. The first kappa shape index (κ1) is 21.7. The lowest BCUT2D eigenvalue weighted by molar-refractivity contribution is -0.110. The van der Waals surface area contributed by atoms with Gasteiger partial charge in [0.15, 0.2) is 5.78 Å². The number of rotatable bonds is 6. The van der Waals surface area contributed by atoms with E-state index in [9.17, 15) is 4.79 Å². The fourth-order valence-electron chi connectivity index (χ4n) is 3.13. The number of ketones is 1. The number of aromatic nitrogens is 2.